The van der Waals surface area contributed by atoms with Gasteiger partial charge in [-0.05, 0) is 49.5 Å². The van der Waals surface area contributed by atoms with Crippen molar-refractivity contribution < 1.29 is 9.94 Å². The number of ether oxygens (including phenoxy) is 1. The number of rotatable bonds is 8. The maximum absolute atomic E-state index is 8.82. The molecule has 3 N–H and O–H groups in total. The normalized spacial score (nSPS) is 33.7. The van der Waals surface area contributed by atoms with E-state index >= 15 is 0 Å². The molecule has 0 aromatic rings. The van der Waals surface area contributed by atoms with Gasteiger partial charge < -0.3 is 15.7 Å². The highest BCUT2D eigenvalue weighted by Gasteiger charge is 2.62. The van der Waals surface area contributed by atoms with Crippen molar-refractivity contribution in [2.45, 2.75) is 85.7 Å². The monoisotopic (exact) mass is 336 g/mol. The third-order valence-electron chi connectivity index (χ3n) is 7.10. The van der Waals surface area contributed by atoms with E-state index in [1.807, 2.05) is 6.92 Å². The third kappa shape index (κ3) is 3.43. The minimum atomic E-state index is 0.0299. The predicted octanol–water partition coefficient (Wildman–Crippen LogP) is 5.06. The van der Waals surface area contributed by atoms with Crippen LogP contribution in [0.2, 0.25) is 0 Å². The Morgan fingerprint density at radius 2 is 2.12 bits per heavy atom. The van der Waals surface area contributed by atoms with Crippen molar-refractivity contribution in [3.63, 3.8) is 0 Å². The molecule has 0 saturated heterocycles. The fourth-order valence-electron chi connectivity index (χ4n) is 4.58. The van der Waals surface area contributed by atoms with Gasteiger partial charge in [0, 0.05) is 17.8 Å². The highest BCUT2D eigenvalue weighted by molar-refractivity contribution is 5.81. The maximum atomic E-state index is 8.82. The lowest BCUT2D eigenvalue weighted by molar-refractivity contribution is -0.0155. The Bertz CT molecular complexity index is 498. The van der Waals surface area contributed by atoms with Crippen molar-refractivity contribution in [3.05, 3.63) is 11.8 Å². The number of hydrogen-bond donors (Lipinski definition) is 2. The Balaban J connectivity index is 2.07. The van der Waals surface area contributed by atoms with Crippen molar-refractivity contribution in [1.82, 2.24) is 0 Å². The van der Waals surface area contributed by atoms with Gasteiger partial charge in [-0.25, -0.2) is 0 Å². The van der Waals surface area contributed by atoms with Gasteiger partial charge in [-0.3, -0.25) is 0 Å². The summed E-state index contributed by atoms with van der Waals surface area (Å²) in [6.45, 7) is 11.4. The topological polar surface area (TPSA) is 67.8 Å². The fourth-order valence-corrected chi connectivity index (χ4v) is 4.58. The van der Waals surface area contributed by atoms with Gasteiger partial charge in [-0.2, -0.15) is 0 Å². The zero-order chi connectivity index (χ0) is 18.0. The first-order valence-electron chi connectivity index (χ1n) is 9.59. The number of amidine groups is 1. The maximum Gasteiger partial charge on any atom is 0.142 e. The molecule has 4 nitrogen and oxygen atoms in total. The lowest BCUT2D eigenvalue weighted by atomic mass is 9.70. The Morgan fingerprint density at radius 1 is 1.42 bits per heavy atom. The second-order valence-electron chi connectivity index (χ2n) is 8.65. The van der Waals surface area contributed by atoms with Crippen molar-refractivity contribution in [1.29, 1.82) is 0 Å². The molecule has 0 aromatic heterocycles. The van der Waals surface area contributed by atoms with Crippen LogP contribution in [0.1, 0.15) is 79.6 Å². The average molecular weight is 337 g/mol. The van der Waals surface area contributed by atoms with Crippen LogP contribution in [0.15, 0.2) is 17.0 Å². The fraction of sp³-hybridized carbons (Fsp3) is 0.850. The molecular weight excluding hydrogens is 300 g/mol. The first-order valence-corrected chi connectivity index (χ1v) is 9.59. The van der Waals surface area contributed by atoms with E-state index in [2.05, 4.69) is 38.9 Å². The van der Waals surface area contributed by atoms with E-state index in [9.17, 15) is 0 Å². The summed E-state index contributed by atoms with van der Waals surface area (Å²) in [4.78, 5) is 0. The number of allylic oxidation sites excluding steroid dienone is 2. The number of nitrogens with two attached hydrogens (primary N) is 1. The van der Waals surface area contributed by atoms with Gasteiger partial charge in [0.15, 0.2) is 0 Å². The zero-order valence-electron chi connectivity index (χ0n) is 16.1. The molecule has 2 bridgehead atoms. The van der Waals surface area contributed by atoms with Gasteiger partial charge in [0.25, 0.3) is 0 Å². The number of unbranched alkanes of at least 4 members (excludes halogenated alkanes) is 1. The van der Waals surface area contributed by atoms with Crippen LogP contribution in [0, 0.1) is 22.7 Å². The van der Waals surface area contributed by atoms with Gasteiger partial charge in [0.05, 0.1) is 5.76 Å². The van der Waals surface area contributed by atoms with E-state index in [4.69, 9.17) is 15.7 Å². The Labute approximate surface area is 147 Å². The van der Waals surface area contributed by atoms with Gasteiger partial charge in [-0.1, -0.05) is 46.2 Å². The van der Waals surface area contributed by atoms with Gasteiger partial charge in [-0.15, -0.1) is 0 Å². The molecule has 4 unspecified atom stereocenters. The van der Waals surface area contributed by atoms with Crippen molar-refractivity contribution in [2.24, 2.45) is 33.6 Å². The van der Waals surface area contributed by atoms with Crippen molar-refractivity contribution in [3.8, 4) is 0 Å². The van der Waals surface area contributed by atoms with E-state index in [1.54, 1.807) is 0 Å². The second-order valence-corrected chi connectivity index (χ2v) is 8.65. The van der Waals surface area contributed by atoms with Gasteiger partial charge in [0.1, 0.15) is 11.9 Å². The van der Waals surface area contributed by atoms with Crippen molar-refractivity contribution in [2.75, 3.05) is 0 Å². The molecule has 0 amide bonds. The summed E-state index contributed by atoms with van der Waals surface area (Å²) in [6.07, 6.45) is 10.3. The van der Waals surface area contributed by atoms with E-state index in [0.29, 0.717) is 11.5 Å². The van der Waals surface area contributed by atoms with Crippen LogP contribution in [0.4, 0.5) is 0 Å². The number of fused-ring (bicyclic) bond motifs is 2. The van der Waals surface area contributed by atoms with Crippen LogP contribution in [-0.2, 0) is 4.74 Å². The standard InChI is InChI=1S/C20H36N2O2/c1-6-7-8-16(10-9-14(2)18(21)22-23)24-17-13-15-11-12-20(17,5)19(15,3)4/h10,14-15,17,23H,6-9,11-13H2,1-5H3,(H2,21,22). The summed E-state index contributed by atoms with van der Waals surface area (Å²) in [5.74, 6) is 2.21. The summed E-state index contributed by atoms with van der Waals surface area (Å²) in [5.41, 5.74) is 6.35. The van der Waals surface area contributed by atoms with Crippen LogP contribution < -0.4 is 5.73 Å². The molecule has 0 aromatic carbocycles. The summed E-state index contributed by atoms with van der Waals surface area (Å²) < 4.78 is 6.57. The van der Waals surface area contributed by atoms with Gasteiger partial charge in [0.2, 0.25) is 0 Å². The SMILES string of the molecule is CCCCC(=CCC(C)C(N)=NO)OC1CC2CCC1(C)C2(C)C. The Kier molecular flexibility index (Phi) is 5.87. The Morgan fingerprint density at radius 3 is 2.62 bits per heavy atom. The van der Waals surface area contributed by atoms with Gasteiger partial charge >= 0.3 is 0 Å². The lowest BCUT2D eigenvalue weighted by Crippen LogP contribution is -2.37. The van der Waals surface area contributed by atoms with E-state index in [0.717, 1.165) is 37.4 Å². The average Bonchev–Trinajstić information content (AvgIpc) is 2.89. The minimum absolute atomic E-state index is 0.0299. The molecule has 4 heteroatoms. The smallest absolute Gasteiger partial charge is 0.142 e. The molecule has 2 fully saturated rings. The van der Waals surface area contributed by atoms with Crippen LogP contribution in [0.5, 0.6) is 0 Å². The number of oxime groups is 1. The highest BCUT2D eigenvalue weighted by Crippen LogP contribution is 2.66. The molecule has 0 radical (unpaired) electrons. The minimum Gasteiger partial charge on any atom is -0.495 e. The van der Waals surface area contributed by atoms with Crippen LogP contribution in [-0.4, -0.2) is 17.1 Å². The summed E-state index contributed by atoms with van der Waals surface area (Å²) >= 11 is 0. The molecule has 0 aliphatic heterocycles. The summed E-state index contributed by atoms with van der Waals surface area (Å²) in [6, 6.07) is 0. The van der Waals surface area contributed by atoms with Crippen LogP contribution in [0.3, 0.4) is 0 Å². The molecule has 2 saturated carbocycles. The first kappa shape index (κ1) is 19.1. The largest absolute Gasteiger partial charge is 0.495 e. The van der Waals surface area contributed by atoms with Crippen LogP contribution >= 0.6 is 0 Å². The van der Waals surface area contributed by atoms with Crippen molar-refractivity contribution >= 4 is 5.84 Å². The van der Waals surface area contributed by atoms with E-state index in [1.165, 1.54) is 19.3 Å². The molecule has 138 valence electrons. The molecule has 2 aliphatic carbocycles. The molecular formula is C20H36N2O2. The first-order chi connectivity index (χ1) is 11.3. The third-order valence-corrected chi connectivity index (χ3v) is 7.10. The molecule has 2 aliphatic rings. The van der Waals surface area contributed by atoms with Crippen LogP contribution in [0.25, 0.3) is 0 Å². The zero-order valence-corrected chi connectivity index (χ0v) is 16.1. The Hall–Kier alpha value is -1.19. The quantitative estimate of drug-likeness (QED) is 0.214. The lowest BCUT2D eigenvalue weighted by Gasteiger charge is -2.39. The molecule has 0 heterocycles. The predicted molar refractivity (Wildman–Crippen MR) is 98.9 cm³/mol. The molecule has 4 atom stereocenters. The summed E-state index contributed by atoms with van der Waals surface area (Å²) in [7, 11) is 0. The summed E-state index contributed by atoms with van der Waals surface area (Å²) in [5, 5.41) is 11.9. The highest BCUT2D eigenvalue weighted by atomic mass is 16.5. The van der Waals surface area contributed by atoms with E-state index in [-0.39, 0.29) is 17.2 Å². The molecule has 24 heavy (non-hydrogen) atoms. The second kappa shape index (κ2) is 7.37. The van der Waals surface area contributed by atoms with E-state index < -0.39 is 0 Å². The number of nitrogens with zero attached hydrogens (tertiary/aromatic N) is 1. The molecule has 2 rings (SSSR count). The number of hydrogen-bond acceptors (Lipinski definition) is 3. The molecule has 0 spiro atoms.